The van der Waals surface area contributed by atoms with Crippen molar-refractivity contribution in [1.29, 1.82) is 0 Å². The molecule has 0 bridgehead atoms. The van der Waals surface area contributed by atoms with E-state index in [9.17, 15) is 4.79 Å². The molecule has 1 aliphatic heterocycles. The van der Waals surface area contributed by atoms with Gasteiger partial charge in [0.25, 0.3) is 0 Å². The van der Waals surface area contributed by atoms with Crippen molar-refractivity contribution >= 4 is 12.3 Å². The lowest BCUT2D eigenvalue weighted by Gasteiger charge is -2.26. The van der Waals surface area contributed by atoms with Gasteiger partial charge in [-0.1, -0.05) is 6.08 Å². The maximum absolute atomic E-state index is 11.9. The van der Waals surface area contributed by atoms with Crippen molar-refractivity contribution in [2.24, 2.45) is 4.99 Å². The van der Waals surface area contributed by atoms with Crippen LogP contribution >= 0.6 is 0 Å². The quantitative estimate of drug-likeness (QED) is 0.694. The SMILES string of the molecule is C/C=C\N=C[C@@H]1CCCN1C(=O)OC(C)(C)C. The average molecular weight is 238 g/mol. The third kappa shape index (κ3) is 4.59. The summed E-state index contributed by atoms with van der Waals surface area (Å²) >= 11 is 0. The van der Waals surface area contributed by atoms with Crippen LogP contribution in [0.3, 0.4) is 0 Å². The Morgan fingerprint density at radius 1 is 1.47 bits per heavy atom. The van der Waals surface area contributed by atoms with Crippen molar-refractivity contribution < 1.29 is 9.53 Å². The molecule has 1 aliphatic rings. The number of likely N-dealkylation sites (tertiary alicyclic amines) is 1. The highest BCUT2D eigenvalue weighted by Gasteiger charge is 2.30. The molecule has 96 valence electrons. The number of carbonyl (C=O) groups is 1. The van der Waals surface area contributed by atoms with E-state index in [-0.39, 0.29) is 12.1 Å². The molecule has 1 amide bonds. The van der Waals surface area contributed by atoms with Gasteiger partial charge in [-0.05, 0) is 40.5 Å². The summed E-state index contributed by atoms with van der Waals surface area (Å²) in [5.74, 6) is 0. The zero-order valence-corrected chi connectivity index (χ0v) is 11.1. The van der Waals surface area contributed by atoms with Crippen LogP contribution in [0.1, 0.15) is 40.5 Å². The van der Waals surface area contributed by atoms with E-state index in [1.807, 2.05) is 40.0 Å². The number of aliphatic imine (C=N–C) groups is 1. The number of rotatable bonds is 2. The predicted octanol–water partition coefficient (Wildman–Crippen LogP) is 2.99. The fourth-order valence-electron chi connectivity index (χ4n) is 1.73. The van der Waals surface area contributed by atoms with Gasteiger partial charge in [0.15, 0.2) is 0 Å². The molecule has 1 saturated heterocycles. The summed E-state index contributed by atoms with van der Waals surface area (Å²) in [7, 11) is 0. The first-order valence-electron chi connectivity index (χ1n) is 6.08. The minimum absolute atomic E-state index is 0.0704. The normalized spacial score (nSPS) is 21.6. The third-order valence-electron chi connectivity index (χ3n) is 2.42. The summed E-state index contributed by atoms with van der Waals surface area (Å²) in [5, 5.41) is 0. The van der Waals surface area contributed by atoms with Crippen molar-refractivity contribution in [1.82, 2.24) is 4.90 Å². The minimum Gasteiger partial charge on any atom is -0.444 e. The summed E-state index contributed by atoms with van der Waals surface area (Å²) in [4.78, 5) is 17.8. The van der Waals surface area contributed by atoms with E-state index in [1.54, 1.807) is 11.1 Å². The number of nitrogens with zero attached hydrogens (tertiary/aromatic N) is 2. The van der Waals surface area contributed by atoms with Gasteiger partial charge in [0.05, 0.1) is 6.04 Å². The molecule has 0 aromatic rings. The van der Waals surface area contributed by atoms with Crippen LogP contribution in [-0.4, -0.2) is 35.4 Å². The Morgan fingerprint density at radius 2 is 2.18 bits per heavy atom. The molecule has 0 unspecified atom stereocenters. The topological polar surface area (TPSA) is 41.9 Å². The van der Waals surface area contributed by atoms with E-state index in [4.69, 9.17) is 4.74 Å². The first-order chi connectivity index (χ1) is 7.94. The van der Waals surface area contributed by atoms with Crippen molar-refractivity contribution in [2.45, 2.75) is 52.2 Å². The van der Waals surface area contributed by atoms with Crippen molar-refractivity contribution in [3.63, 3.8) is 0 Å². The highest BCUT2D eigenvalue weighted by atomic mass is 16.6. The number of carbonyl (C=O) groups excluding carboxylic acids is 1. The molecular weight excluding hydrogens is 216 g/mol. The Labute approximate surface area is 103 Å². The molecule has 0 aliphatic carbocycles. The monoisotopic (exact) mass is 238 g/mol. The van der Waals surface area contributed by atoms with Crippen LogP contribution in [0.4, 0.5) is 4.79 Å². The molecule has 0 spiro atoms. The van der Waals surface area contributed by atoms with Gasteiger partial charge >= 0.3 is 6.09 Å². The number of allylic oxidation sites excluding steroid dienone is 1. The highest BCUT2D eigenvalue weighted by molar-refractivity contribution is 5.76. The summed E-state index contributed by atoms with van der Waals surface area (Å²) in [6, 6.07) is 0.0704. The number of amides is 1. The first-order valence-corrected chi connectivity index (χ1v) is 6.08. The Hall–Kier alpha value is -1.32. The van der Waals surface area contributed by atoms with Crippen LogP contribution in [0.25, 0.3) is 0 Å². The van der Waals surface area contributed by atoms with E-state index in [2.05, 4.69) is 4.99 Å². The molecular formula is C13H22N2O2. The lowest BCUT2D eigenvalue weighted by Crippen LogP contribution is -2.40. The van der Waals surface area contributed by atoms with Crippen molar-refractivity contribution in [2.75, 3.05) is 6.54 Å². The summed E-state index contributed by atoms with van der Waals surface area (Å²) in [6.45, 7) is 8.30. The molecule has 1 fully saturated rings. The molecule has 0 aromatic heterocycles. The van der Waals surface area contributed by atoms with Crippen LogP contribution < -0.4 is 0 Å². The summed E-state index contributed by atoms with van der Waals surface area (Å²) in [6.07, 6.45) is 7.13. The molecule has 1 heterocycles. The lowest BCUT2D eigenvalue weighted by molar-refractivity contribution is 0.0268. The van der Waals surface area contributed by atoms with Crippen LogP contribution in [0, 0.1) is 0 Å². The molecule has 0 aromatic carbocycles. The van der Waals surface area contributed by atoms with Crippen LogP contribution in [-0.2, 0) is 4.74 Å². The maximum Gasteiger partial charge on any atom is 0.410 e. The molecule has 0 radical (unpaired) electrons. The van der Waals surface area contributed by atoms with Gasteiger partial charge < -0.3 is 9.64 Å². The predicted molar refractivity (Wildman–Crippen MR) is 69.3 cm³/mol. The minimum atomic E-state index is -0.440. The standard InChI is InChI=1S/C13H22N2O2/c1-5-8-14-10-11-7-6-9-15(11)12(16)17-13(2,3)4/h5,8,10-11H,6-7,9H2,1-4H3/b8-5-,14-10?/t11-/m0/s1. The van der Waals surface area contributed by atoms with Gasteiger partial charge in [-0.2, -0.15) is 0 Å². The highest BCUT2D eigenvalue weighted by Crippen LogP contribution is 2.19. The van der Waals surface area contributed by atoms with Gasteiger partial charge in [0.1, 0.15) is 5.60 Å². The Bertz CT molecular complexity index is 316. The largest absolute Gasteiger partial charge is 0.444 e. The Morgan fingerprint density at radius 3 is 2.76 bits per heavy atom. The number of ether oxygens (including phenoxy) is 1. The number of hydrogen-bond donors (Lipinski definition) is 0. The lowest BCUT2D eigenvalue weighted by atomic mass is 10.2. The zero-order valence-electron chi connectivity index (χ0n) is 11.1. The van der Waals surface area contributed by atoms with Crippen LogP contribution in [0.5, 0.6) is 0 Å². The van der Waals surface area contributed by atoms with E-state index < -0.39 is 5.60 Å². The molecule has 0 saturated carbocycles. The summed E-state index contributed by atoms with van der Waals surface area (Å²) in [5.41, 5.74) is -0.440. The summed E-state index contributed by atoms with van der Waals surface area (Å²) < 4.78 is 5.37. The maximum atomic E-state index is 11.9. The second-order valence-electron chi connectivity index (χ2n) is 5.16. The van der Waals surface area contributed by atoms with Gasteiger partial charge in [-0.3, -0.25) is 4.99 Å². The fourth-order valence-corrected chi connectivity index (χ4v) is 1.73. The molecule has 4 nitrogen and oxygen atoms in total. The second kappa shape index (κ2) is 5.84. The Balaban J connectivity index is 2.60. The van der Waals surface area contributed by atoms with Gasteiger partial charge in [-0.15, -0.1) is 0 Å². The van der Waals surface area contributed by atoms with Gasteiger partial charge in [0, 0.05) is 19.0 Å². The van der Waals surface area contributed by atoms with E-state index in [0.717, 1.165) is 19.4 Å². The van der Waals surface area contributed by atoms with Crippen molar-refractivity contribution in [3.05, 3.63) is 12.3 Å². The van der Waals surface area contributed by atoms with Gasteiger partial charge in [-0.25, -0.2) is 4.79 Å². The molecule has 17 heavy (non-hydrogen) atoms. The zero-order chi connectivity index (χ0) is 12.9. The van der Waals surface area contributed by atoms with Crippen LogP contribution in [0.2, 0.25) is 0 Å². The molecule has 1 atom stereocenters. The van der Waals surface area contributed by atoms with E-state index in [0.29, 0.717) is 0 Å². The smallest absolute Gasteiger partial charge is 0.410 e. The average Bonchev–Trinajstić information content (AvgIpc) is 2.64. The van der Waals surface area contributed by atoms with E-state index in [1.165, 1.54) is 0 Å². The molecule has 1 rings (SSSR count). The number of hydrogen-bond acceptors (Lipinski definition) is 3. The fraction of sp³-hybridized carbons (Fsp3) is 0.692. The third-order valence-corrected chi connectivity index (χ3v) is 2.42. The van der Waals surface area contributed by atoms with E-state index >= 15 is 0 Å². The second-order valence-corrected chi connectivity index (χ2v) is 5.16. The Kier molecular flexibility index (Phi) is 4.73. The van der Waals surface area contributed by atoms with Crippen molar-refractivity contribution in [3.8, 4) is 0 Å². The molecule has 0 N–H and O–H groups in total. The first kappa shape index (κ1) is 13.7. The van der Waals surface area contributed by atoms with Crippen LogP contribution in [0.15, 0.2) is 17.3 Å². The molecule has 4 heteroatoms. The van der Waals surface area contributed by atoms with Gasteiger partial charge in [0.2, 0.25) is 0 Å².